The highest BCUT2D eigenvalue weighted by atomic mass is 16.7. The van der Waals surface area contributed by atoms with Crippen LogP contribution in [0.2, 0.25) is 0 Å². The highest BCUT2D eigenvalue weighted by Gasteiger charge is 2.36. The van der Waals surface area contributed by atoms with E-state index in [9.17, 15) is 9.59 Å². The molecular weight excluding hydrogens is 384 g/mol. The van der Waals surface area contributed by atoms with Crippen molar-refractivity contribution in [2.75, 3.05) is 26.3 Å². The summed E-state index contributed by atoms with van der Waals surface area (Å²) in [6, 6.07) is 7.31. The number of hydroxylamine groups is 2. The predicted octanol–water partition coefficient (Wildman–Crippen LogP) is 1.89. The molecule has 1 fully saturated rings. The average Bonchev–Trinajstić information content (AvgIpc) is 3.27. The average molecular weight is 410 g/mol. The number of fused-ring (bicyclic) bond motifs is 2. The summed E-state index contributed by atoms with van der Waals surface area (Å²) < 4.78 is 7.41. The van der Waals surface area contributed by atoms with Crippen LogP contribution in [0.1, 0.15) is 42.1 Å². The molecule has 30 heavy (non-hydrogen) atoms. The lowest BCUT2D eigenvalue weighted by atomic mass is 10.0. The first-order valence-electron chi connectivity index (χ1n) is 10.7. The normalized spacial score (nSPS) is 20.9. The second-order valence-corrected chi connectivity index (χ2v) is 8.11. The van der Waals surface area contributed by atoms with E-state index in [1.165, 1.54) is 10.6 Å². The van der Waals surface area contributed by atoms with Crippen molar-refractivity contribution in [3.8, 4) is 5.75 Å². The Labute approximate surface area is 175 Å². The van der Waals surface area contributed by atoms with Crippen molar-refractivity contribution >= 4 is 11.8 Å². The summed E-state index contributed by atoms with van der Waals surface area (Å²) in [5, 5.41) is 5.78. The largest absolute Gasteiger partial charge is 0.493 e. The molecule has 2 amide bonds. The zero-order chi connectivity index (χ0) is 20.5. The number of ether oxygens (including phenoxy) is 1. The molecule has 0 radical (unpaired) electrons. The first kappa shape index (κ1) is 19.1. The molecule has 1 aromatic heterocycles. The molecule has 5 rings (SSSR count). The van der Waals surface area contributed by atoms with E-state index in [2.05, 4.69) is 11.2 Å². The summed E-state index contributed by atoms with van der Waals surface area (Å²) in [5.41, 5.74) is 3.01. The van der Waals surface area contributed by atoms with Crippen molar-refractivity contribution in [2.24, 2.45) is 0 Å². The number of aryl methyl sites for hydroxylation is 1. The third kappa shape index (κ3) is 3.67. The summed E-state index contributed by atoms with van der Waals surface area (Å²) in [6.45, 7) is 2.65. The summed E-state index contributed by atoms with van der Waals surface area (Å²) in [4.78, 5) is 33.5. The quantitative estimate of drug-likeness (QED) is 0.772. The number of benzene rings is 1. The standard InChI is InChI=1S/C22H26N4O4/c27-21(13-16-5-6-20-17(12-16)4-3-10-29-20)24-14-18-7-8-23-26(18)19(15-24)22(28)25-9-1-2-11-30-25/h5-8,12,19H,1-4,9-11,13-15H2/t19-/m1/s1. The van der Waals surface area contributed by atoms with Crippen molar-refractivity contribution in [2.45, 2.75) is 44.7 Å². The van der Waals surface area contributed by atoms with E-state index in [1.54, 1.807) is 15.8 Å². The van der Waals surface area contributed by atoms with Gasteiger partial charge in [-0.15, -0.1) is 0 Å². The smallest absolute Gasteiger partial charge is 0.272 e. The summed E-state index contributed by atoms with van der Waals surface area (Å²) in [6.07, 6.45) is 5.86. The van der Waals surface area contributed by atoms with Crippen LogP contribution in [-0.4, -0.2) is 57.9 Å². The first-order chi connectivity index (χ1) is 14.7. The predicted molar refractivity (Wildman–Crippen MR) is 108 cm³/mol. The van der Waals surface area contributed by atoms with Crippen LogP contribution in [-0.2, 0) is 33.8 Å². The van der Waals surface area contributed by atoms with E-state index < -0.39 is 6.04 Å². The fourth-order valence-electron chi connectivity index (χ4n) is 4.41. The van der Waals surface area contributed by atoms with Gasteiger partial charge in [0.2, 0.25) is 5.91 Å². The van der Waals surface area contributed by atoms with E-state index in [0.29, 0.717) is 32.7 Å². The molecule has 3 aliphatic rings. The van der Waals surface area contributed by atoms with Gasteiger partial charge < -0.3 is 9.64 Å². The van der Waals surface area contributed by atoms with Crippen LogP contribution in [0.4, 0.5) is 0 Å². The van der Waals surface area contributed by atoms with Gasteiger partial charge in [0, 0.05) is 12.7 Å². The van der Waals surface area contributed by atoms with Crippen LogP contribution in [0.15, 0.2) is 30.5 Å². The minimum Gasteiger partial charge on any atom is -0.493 e. The lowest BCUT2D eigenvalue weighted by Gasteiger charge is -2.36. The van der Waals surface area contributed by atoms with Gasteiger partial charge in [-0.05, 0) is 48.9 Å². The Morgan fingerprint density at radius 3 is 2.93 bits per heavy atom. The van der Waals surface area contributed by atoms with E-state index in [4.69, 9.17) is 9.57 Å². The fraction of sp³-hybridized carbons (Fsp3) is 0.500. The molecule has 0 aliphatic carbocycles. The molecule has 8 heteroatoms. The van der Waals surface area contributed by atoms with E-state index in [1.807, 2.05) is 18.2 Å². The highest BCUT2D eigenvalue weighted by Crippen LogP contribution is 2.27. The summed E-state index contributed by atoms with van der Waals surface area (Å²) in [5.74, 6) is 0.797. The molecule has 0 bridgehead atoms. The number of hydrogen-bond donors (Lipinski definition) is 0. The summed E-state index contributed by atoms with van der Waals surface area (Å²) in [7, 11) is 0. The number of hydrogen-bond acceptors (Lipinski definition) is 5. The molecule has 4 heterocycles. The van der Waals surface area contributed by atoms with Gasteiger partial charge in [0.05, 0.1) is 38.4 Å². The highest BCUT2D eigenvalue weighted by molar-refractivity contribution is 5.83. The molecule has 2 aromatic rings. The Bertz CT molecular complexity index is 950. The number of aromatic nitrogens is 2. The van der Waals surface area contributed by atoms with E-state index in [0.717, 1.165) is 49.3 Å². The van der Waals surface area contributed by atoms with Crippen LogP contribution in [0.5, 0.6) is 5.75 Å². The first-order valence-corrected chi connectivity index (χ1v) is 10.7. The Morgan fingerprint density at radius 1 is 1.13 bits per heavy atom. The minimum absolute atomic E-state index is 0.0106. The number of amides is 2. The van der Waals surface area contributed by atoms with Gasteiger partial charge in [0.25, 0.3) is 5.91 Å². The Balaban J connectivity index is 1.32. The Hall–Kier alpha value is -2.87. The number of carbonyl (C=O) groups excluding carboxylic acids is 2. The molecule has 3 aliphatic heterocycles. The van der Waals surface area contributed by atoms with Gasteiger partial charge in [0.1, 0.15) is 5.75 Å². The van der Waals surface area contributed by atoms with Crippen molar-refractivity contribution in [1.82, 2.24) is 19.7 Å². The lowest BCUT2D eigenvalue weighted by Crippen LogP contribution is -2.49. The van der Waals surface area contributed by atoms with Crippen molar-refractivity contribution in [3.05, 3.63) is 47.3 Å². The molecule has 1 saturated heterocycles. The van der Waals surface area contributed by atoms with Gasteiger partial charge in [-0.25, -0.2) is 5.06 Å². The van der Waals surface area contributed by atoms with Gasteiger partial charge in [-0.3, -0.25) is 19.1 Å². The monoisotopic (exact) mass is 410 g/mol. The molecule has 0 N–H and O–H groups in total. The van der Waals surface area contributed by atoms with Gasteiger partial charge in [0.15, 0.2) is 6.04 Å². The molecule has 1 atom stereocenters. The zero-order valence-electron chi connectivity index (χ0n) is 17.0. The molecule has 1 aromatic carbocycles. The van der Waals surface area contributed by atoms with Crippen LogP contribution in [0.3, 0.4) is 0 Å². The minimum atomic E-state index is -0.553. The van der Waals surface area contributed by atoms with Crippen molar-refractivity contribution < 1.29 is 19.2 Å². The number of nitrogens with zero attached hydrogens (tertiary/aromatic N) is 4. The maximum atomic E-state index is 13.1. The number of rotatable bonds is 3. The van der Waals surface area contributed by atoms with Crippen LogP contribution < -0.4 is 4.74 Å². The van der Waals surface area contributed by atoms with Crippen molar-refractivity contribution in [1.29, 1.82) is 0 Å². The van der Waals surface area contributed by atoms with Crippen LogP contribution in [0, 0.1) is 0 Å². The van der Waals surface area contributed by atoms with Crippen molar-refractivity contribution in [3.63, 3.8) is 0 Å². The van der Waals surface area contributed by atoms with Gasteiger partial charge in [-0.1, -0.05) is 12.1 Å². The molecular formula is C22H26N4O4. The molecule has 0 saturated carbocycles. The summed E-state index contributed by atoms with van der Waals surface area (Å²) >= 11 is 0. The molecule has 0 unspecified atom stereocenters. The van der Waals surface area contributed by atoms with Crippen LogP contribution in [0.25, 0.3) is 0 Å². The maximum Gasteiger partial charge on any atom is 0.272 e. The third-order valence-electron chi connectivity index (χ3n) is 6.01. The molecule has 158 valence electrons. The Morgan fingerprint density at radius 2 is 2.07 bits per heavy atom. The van der Waals surface area contributed by atoms with E-state index >= 15 is 0 Å². The van der Waals surface area contributed by atoms with Crippen LogP contribution >= 0.6 is 0 Å². The fourth-order valence-corrected chi connectivity index (χ4v) is 4.41. The third-order valence-corrected chi connectivity index (χ3v) is 6.01. The Kier molecular flexibility index (Phi) is 5.16. The molecule has 0 spiro atoms. The second-order valence-electron chi connectivity index (χ2n) is 8.11. The topological polar surface area (TPSA) is 76.9 Å². The second kappa shape index (κ2) is 8.10. The van der Waals surface area contributed by atoms with Gasteiger partial charge >= 0.3 is 0 Å². The van der Waals surface area contributed by atoms with E-state index in [-0.39, 0.29) is 11.8 Å². The van der Waals surface area contributed by atoms with Gasteiger partial charge in [-0.2, -0.15) is 5.10 Å². The SMILES string of the molecule is O=C(Cc1ccc2c(c1)CCCO2)N1Cc2ccnn2[C@@H](C(=O)N2CCCCO2)C1. The zero-order valence-corrected chi connectivity index (χ0v) is 17.0. The lowest BCUT2D eigenvalue weighted by molar-refractivity contribution is -0.201. The molecule has 8 nitrogen and oxygen atoms in total. The maximum absolute atomic E-state index is 13.1. The number of carbonyl (C=O) groups is 2.